The van der Waals surface area contributed by atoms with Crippen LogP contribution >= 0.6 is 0 Å². The Labute approximate surface area is 206 Å². The number of carbonyl (C=O) groups is 2. The molecule has 1 N–H and O–H groups in total. The van der Waals surface area contributed by atoms with E-state index in [9.17, 15) is 14.7 Å². The van der Waals surface area contributed by atoms with Gasteiger partial charge in [-0.05, 0) is 104 Å². The van der Waals surface area contributed by atoms with Crippen molar-refractivity contribution in [1.29, 1.82) is 0 Å². The van der Waals surface area contributed by atoms with E-state index in [0.717, 1.165) is 12.8 Å². The van der Waals surface area contributed by atoms with Crippen LogP contribution in [0.3, 0.4) is 0 Å². The summed E-state index contributed by atoms with van der Waals surface area (Å²) in [5, 5.41) is 10.1. The highest BCUT2D eigenvalue weighted by Gasteiger charge is 2.71. The van der Waals surface area contributed by atoms with Crippen molar-refractivity contribution in [3.05, 3.63) is 11.6 Å². The standard InChI is InChI=1S/C30H46O4/c1-25(2)11-12-27(5)13-14-29(7)18(19(27)16-25)15-20-23-28(6,17-22(31)34-20)21(9-10-30(23,29)8)26(3,4)24(32)33/h15,19-21,23H,9-14,16-17H2,1-8H3,(H,32,33). The highest BCUT2D eigenvalue weighted by atomic mass is 16.5. The second-order valence-electron chi connectivity index (χ2n) is 15.2. The number of rotatable bonds is 2. The zero-order valence-electron chi connectivity index (χ0n) is 22.7. The van der Waals surface area contributed by atoms with Gasteiger partial charge < -0.3 is 9.84 Å². The van der Waals surface area contributed by atoms with Crippen molar-refractivity contribution in [3.63, 3.8) is 0 Å². The summed E-state index contributed by atoms with van der Waals surface area (Å²) >= 11 is 0. The molecular formula is C30H46O4. The fourth-order valence-corrected chi connectivity index (χ4v) is 10.1. The quantitative estimate of drug-likeness (QED) is 0.348. The Morgan fingerprint density at radius 3 is 2.32 bits per heavy atom. The summed E-state index contributed by atoms with van der Waals surface area (Å²) in [5.41, 5.74) is 1.02. The number of carboxylic acid groups (broad SMARTS) is 1. The number of hydrogen-bond acceptors (Lipinski definition) is 3. The van der Waals surface area contributed by atoms with Crippen LogP contribution in [0.15, 0.2) is 11.6 Å². The van der Waals surface area contributed by atoms with E-state index in [1.807, 2.05) is 13.8 Å². The molecule has 4 fully saturated rings. The van der Waals surface area contributed by atoms with Gasteiger partial charge in [0.05, 0.1) is 11.8 Å². The molecule has 0 bridgehead atoms. The van der Waals surface area contributed by atoms with Gasteiger partial charge in [0, 0.05) is 5.92 Å². The normalized spacial score (nSPS) is 49.6. The molecule has 1 heterocycles. The minimum absolute atomic E-state index is 0.00873. The van der Waals surface area contributed by atoms with Crippen LogP contribution in [0.5, 0.6) is 0 Å². The molecule has 0 aromatic carbocycles. The minimum Gasteiger partial charge on any atom is -0.481 e. The van der Waals surface area contributed by atoms with E-state index < -0.39 is 11.4 Å². The van der Waals surface area contributed by atoms with E-state index in [0.29, 0.717) is 23.2 Å². The van der Waals surface area contributed by atoms with Crippen molar-refractivity contribution in [2.24, 2.45) is 50.2 Å². The van der Waals surface area contributed by atoms with Crippen molar-refractivity contribution >= 4 is 11.9 Å². The molecule has 1 aliphatic heterocycles. The number of ether oxygens (including phenoxy) is 1. The van der Waals surface area contributed by atoms with Gasteiger partial charge in [0.15, 0.2) is 0 Å². The van der Waals surface area contributed by atoms with Gasteiger partial charge in [-0.3, -0.25) is 9.59 Å². The Balaban J connectivity index is 1.67. The van der Waals surface area contributed by atoms with Crippen LogP contribution in [0.2, 0.25) is 0 Å². The zero-order chi connectivity index (χ0) is 25.1. The monoisotopic (exact) mass is 470 g/mol. The number of aliphatic carboxylic acids is 1. The van der Waals surface area contributed by atoms with Gasteiger partial charge in [0.1, 0.15) is 6.10 Å². The first kappa shape index (κ1) is 24.4. The molecule has 190 valence electrons. The molecule has 3 saturated carbocycles. The molecule has 5 aliphatic rings. The highest BCUT2D eigenvalue weighted by molar-refractivity contribution is 5.76. The predicted molar refractivity (Wildman–Crippen MR) is 133 cm³/mol. The van der Waals surface area contributed by atoms with Crippen molar-refractivity contribution in [2.45, 2.75) is 113 Å². The minimum atomic E-state index is -0.873. The van der Waals surface area contributed by atoms with Crippen molar-refractivity contribution in [1.82, 2.24) is 0 Å². The molecule has 1 saturated heterocycles. The van der Waals surface area contributed by atoms with Crippen molar-refractivity contribution < 1.29 is 19.4 Å². The van der Waals surface area contributed by atoms with Crippen LogP contribution < -0.4 is 0 Å². The van der Waals surface area contributed by atoms with Crippen molar-refractivity contribution in [2.75, 3.05) is 0 Å². The molecule has 34 heavy (non-hydrogen) atoms. The van der Waals surface area contributed by atoms with E-state index in [1.54, 1.807) is 5.57 Å². The first-order valence-corrected chi connectivity index (χ1v) is 13.7. The fraction of sp³-hybridized carbons (Fsp3) is 0.867. The summed E-state index contributed by atoms with van der Waals surface area (Å²) in [5.74, 6) is -0.263. The zero-order valence-corrected chi connectivity index (χ0v) is 22.7. The number of esters is 1. The van der Waals surface area contributed by atoms with Gasteiger partial charge in [-0.15, -0.1) is 0 Å². The lowest BCUT2D eigenvalue weighted by atomic mass is 9.34. The molecule has 4 nitrogen and oxygen atoms in total. The van der Waals surface area contributed by atoms with E-state index in [2.05, 4.69) is 47.6 Å². The van der Waals surface area contributed by atoms with Gasteiger partial charge >= 0.3 is 11.9 Å². The lowest BCUT2D eigenvalue weighted by molar-refractivity contribution is -0.231. The number of carbonyl (C=O) groups excluding carboxylic acids is 1. The molecule has 4 heteroatoms. The third-order valence-electron chi connectivity index (χ3n) is 12.5. The Morgan fingerprint density at radius 1 is 1.03 bits per heavy atom. The first-order valence-electron chi connectivity index (χ1n) is 13.7. The Hall–Kier alpha value is -1.32. The summed E-state index contributed by atoms with van der Waals surface area (Å²) in [6.07, 6.45) is 10.6. The highest BCUT2D eigenvalue weighted by Crippen LogP contribution is 2.75. The van der Waals surface area contributed by atoms with Crippen LogP contribution in [0, 0.1) is 50.2 Å². The van der Waals surface area contributed by atoms with Gasteiger partial charge in [0.2, 0.25) is 0 Å². The summed E-state index contributed by atoms with van der Waals surface area (Å²) in [7, 11) is 0. The molecule has 0 spiro atoms. The smallest absolute Gasteiger partial charge is 0.309 e. The Morgan fingerprint density at radius 2 is 1.68 bits per heavy atom. The summed E-state index contributed by atoms with van der Waals surface area (Å²) in [4.78, 5) is 25.4. The third kappa shape index (κ3) is 2.95. The van der Waals surface area contributed by atoms with Gasteiger partial charge in [0.25, 0.3) is 0 Å². The second kappa shape index (κ2) is 6.91. The van der Waals surface area contributed by atoms with Gasteiger partial charge in [-0.1, -0.05) is 47.1 Å². The summed E-state index contributed by atoms with van der Waals surface area (Å²) in [6, 6.07) is 0. The van der Waals surface area contributed by atoms with Crippen LogP contribution in [-0.4, -0.2) is 23.1 Å². The lowest BCUT2D eigenvalue weighted by Crippen LogP contribution is -2.68. The molecule has 5 rings (SSSR count). The topological polar surface area (TPSA) is 63.6 Å². The number of allylic oxidation sites excluding steroid dienone is 1. The molecule has 8 unspecified atom stereocenters. The molecule has 0 amide bonds. The lowest BCUT2D eigenvalue weighted by Gasteiger charge is -2.71. The Kier molecular flexibility index (Phi) is 4.96. The largest absolute Gasteiger partial charge is 0.481 e. The number of hydrogen-bond donors (Lipinski definition) is 1. The van der Waals surface area contributed by atoms with Crippen LogP contribution in [-0.2, 0) is 14.3 Å². The molecule has 8 atom stereocenters. The van der Waals surface area contributed by atoms with Crippen molar-refractivity contribution in [3.8, 4) is 0 Å². The molecule has 0 aromatic heterocycles. The van der Waals surface area contributed by atoms with Crippen LogP contribution in [0.4, 0.5) is 0 Å². The average molecular weight is 471 g/mol. The second-order valence-corrected chi connectivity index (χ2v) is 15.2. The molecular weight excluding hydrogens is 424 g/mol. The fourth-order valence-electron chi connectivity index (χ4n) is 10.1. The first-order chi connectivity index (χ1) is 15.5. The molecule has 0 aromatic rings. The van der Waals surface area contributed by atoms with Crippen LogP contribution in [0.25, 0.3) is 0 Å². The maximum Gasteiger partial charge on any atom is 0.309 e. The molecule has 4 aliphatic carbocycles. The summed E-state index contributed by atoms with van der Waals surface area (Å²) in [6.45, 7) is 18.3. The average Bonchev–Trinajstić information content (AvgIpc) is 2.69. The van der Waals surface area contributed by atoms with E-state index in [-0.39, 0.29) is 40.2 Å². The number of fused-ring (bicyclic) bond motifs is 4. The molecule has 0 radical (unpaired) electrons. The van der Waals surface area contributed by atoms with E-state index in [1.165, 1.54) is 32.1 Å². The van der Waals surface area contributed by atoms with E-state index in [4.69, 9.17) is 4.74 Å². The Bertz CT molecular complexity index is 961. The predicted octanol–water partition coefficient (Wildman–Crippen LogP) is 7.02. The third-order valence-corrected chi connectivity index (χ3v) is 12.5. The maximum atomic E-state index is 13.1. The van der Waals surface area contributed by atoms with Crippen LogP contribution in [0.1, 0.15) is 107 Å². The van der Waals surface area contributed by atoms with Gasteiger partial charge in [-0.25, -0.2) is 0 Å². The SMILES string of the molecule is CC1(C)CCC2(C)CCC3(C)C(=CC4OC(=O)CC5(C)C(C(C)(C)C(=O)O)CCC3(C)C45)C2C1. The maximum absolute atomic E-state index is 13.1. The van der Waals surface area contributed by atoms with Gasteiger partial charge in [-0.2, -0.15) is 0 Å². The number of carboxylic acids is 1. The van der Waals surface area contributed by atoms with E-state index >= 15 is 0 Å². The summed E-state index contributed by atoms with van der Waals surface area (Å²) < 4.78 is 6.17.